The van der Waals surface area contributed by atoms with Crippen LogP contribution in [0, 0.1) is 6.92 Å². The molecule has 0 spiro atoms. The maximum absolute atomic E-state index is 13.1. The van der Waals surface area contributed by atoms with E-state index in [0.717, 1.165) is 5.56 Å². The molecule has 2 aromatic rings. The van der Waals surface area contributed by atoms with Crippen molar-refractivity contribution in [3.63, 3.8) is 0 Å². The smallest absolute Gasteiger partial charge is 0.282 e. The molecule has 2 amide bonds. The fourth-order valence-electron chi connectivity index (χ4n) is 3.00. The molecule has 25 heavy (non-hydrogen) atoms. The largest absolute Gasteiger partial charge is 0.395 e. The second-order valence-corrected chi connectivity index (χ2v) is 6.02. The van der Waals surface area contributed by atoms with Crippen LogP contribution in [0.25, 0.3) is 5.57 Å². The molecule has 1 N–H and O–H groups in total. The van der Waals surface area contributed by atoms with Gasteiger partial charge >= 0.3 is 0 Å². The van der Waals surface area contributed by atoms with Gasteiger partial charge in [0.1, 0.15) is 5.70 Å². The van der Waals surface area contributed by atoms with E-state index in [4.69, 9.17) is 0 Å². The van der Waals surface area contributed by atoms with Gasteiger partial charge in [0, 0.05) is 13.6 Å². The first-order valence-corrected chi connectivity index (χ1v) is 8.11. The summed E-state index contributed by atoms with van der Waals surface area (Å²) in [6, 6.07) is 16.5. The zero-order valence-corrected chi connectivity index (χ0v) is 14.3. The zero-order chi connectivity index (χ0) is 18.0. The number of likely N-dealkylation sites (N-methyl/N-ethyl adjacent to an activating group) is 1. The summed E-state index contributed by atoms with van der Waals surface area (Å²) < 4.78 is 0. The van der Waals surface area contributed by atoms with Gasteiger partial charge in [-0.3, -0.25) is 9.59 Å². The lowest BCUT2D eigenvalue weighted by Gasteiger charge is -2.20. The maximum Gasteiger partial charge on any atom is 0.282 e. The number of imide groups is 1. The summed E-state index contributed by atoms with van der Waals surface area (Å²) in [4.78, 5) is 29.0. The van der Waals surface area contributed by atoms with Gasteiger partial charge in [-0.25, -0.2) is 4.90 Å². The molecule has 0 saturated carbocycles. The van der Waals surface area contributed by atoms with E-state index in [1.807, 2.05) is 55.5 Å². The second kappa shape index (κ2) is 6.91. The number of aryl methyl sites for hydroxylation is 1. The van der Waals surface area contributed by atoms with E-state index >= 15 is 0 Å². The lowest BCUT2D eigenvalue weighted by molar-refractivity contribution is -0.120. The van der Waals surface area contributed by atoms with Gasteiger partial charge in [0.25, 0.3) is 11.8 Å². The van der Waals surface area contributed by atoms with Crippen LogP contribution >= 0.6 is 0 Å². The van der Waals surface area contributed by atoms with Crippen molar-refractivity contribution in [3.05, 3.63) is 71.4 Å². The molecule has 0 radical (unpaired) electrons. The van der Waals surface area contributed by atoms with Crippen molar-refractivity contribution in [2.45, 2.75) is 6.92 Å². The van der Waals surface area contributed by atoms with Crippen molar-refractivity contribution in [2.24, 2.45) is 0 Å². The van der Waals surface area contributed by atoms with Crippen molar-refractivity contribution in [1.82, 2.24) is 4.90 Å². The van der Waals surface area contributed by atoms with Crippen LogP contribution in [-0.4, -0.2) is 42.0 Å². The van der Waals surface area contributed by atoms with Gasteiger partial charge in [-0.05, 0) is 30.2 Å². The number of carbonyl (C=O) groups is 2. The molecular weight excluding hydrogens is 316 g/mol. The van der Waals surface area contributed by atoms with Crippen molar-refractivity contribution < 1.29 is 14.7 Å². The minimum absolute atomic E-state index is 0.103. The molecule has 0 unspecified atom stereocenters. The number of amides is 2. The Morgan fingerprint density at radius 3 is 2.36 bits per heavy atom. The minimum Gasteiger partial charge on any atom is -0.395 e. The Labute approximate surface area is 146 Å². The van der Waals surface area contributed by atoms with Gasteiger partial charge in [-0.2, -0.15) is 0 Å². The molecule has 0 aliphatic carbocycles. The SMILES string of the molecule is Cc1cccc(N2C(=O)C(c3ccccc3)=C(N(C)CCO)C2=O)c1. The molecule has 2 aromatic carbocycles. The summed E-state index contributed by atoms with van der Waals surface area (Å²) in [6.45, 7) is 2.08. The first kappa shape index (κ1) is 16.9. The highest BCUT2D eigenvalue weighted by atomic mass is 16.3. The molecule has 3 rings (SSSR count). The third-order valence-corrected chi connectivity index (χ3v) is 4.20. The maximum atomic E-state index is 13.1. The second-order valence-electron chi connectivity index (χ2n) is 6.02. The van der Waals surface area contributed by atoms with Crippen LogP contribution in [-0.2, 0) is 9.59 Å². The van der Waals surface area contributed by atoms with E-state index in [0.29, 0.717) is 22.5 Å². The highest BCUT2D eigenvalue weighted by Crippen LogP contribution is 2.34. The monoisotopic (exact) mass is 336 g/mol. The topological polar surface area (TPSA) is 60.9 Å². The van der Waals surface area contributed by atoms with Gasteiger partial charge in [0.05, 0.1) is 17.9 Å². The van der Waals surface area contributed by atoms with E-state index in [-0.39, 0.29) is 25.0 Å². The van der Waals surface area contributed by atoms with E-state index in [1.54, 1.807) is 18.0 Å². The fraction of sp³-hybridized carbons (Fsp3) is 0.200. The minimum atomic E-state index is -0.370. The van der Waals surface area contributed by atoms with Crippen LogP contribution in [0.1, 0.15) is 11.1 Å². The number of benzene rings is 2. The van der Waals surface area contributed by atoms with E-state index < -0.39 is 0 Å². The summed E-state index contributed by atoms with van der Waals surface area (Å²) in [5.41, 5.74) is 2.89. The molecular formula is C20H20N2O3. The molecule has 128 valence electrons. The molecule has 5 nitrogen and oxygen atoms in total. The number of hydrogen-bond acceptors (Lipinski definition) is 4. The highest BCUT2D eigenvalue weighted by Gasteiger charge is 2.41. The number of rotatable bonds is 5. The average molecular weight is 336 g/mol. The molecule has 1 heterocycles. The van der Waals surface area contributed by atoms with Crippen molar-refractivity contribution in [3.8, 4) is 0 Å². The van der Waals surface area contributed by atoms with Crippen LogP contribution in [0.4, 0.5) is 5.69 Å². The lowest BCUT2D eigenvalue weighted by Crippen LogP contribution is -2.34. The number of aliphatic hydroxyl groups excluding tert-OH is 1. The van der Waals surface area contributed by atoms with E-state index in [1.165, 1.54) is 4.90 Å². The standard InChI is InChI=1S/C20H20N2O3/c1-14-7-6-10-16(13-14)22-19(24)17(15-8-4-3-5-9-15)18(20(22)25)21(2)11-12-23/h3-10,13,23H,11-12H2,1-2H3. The predicted octanol–water partition coefficient (Wildman–Crippen LogP) is 2.20. The Bertz CT molecular complexity index is 843. The summed E-state index contributed by atoms with van der Waals surface area (Å²) in [7, 11) is 1.71. The highest BCUT2D eigenvalue weighted by molar-refractivity contribution is 6.45. The third kappa shape index (κ3) is 3.06. The Morgan fingerprint density at radius 1 is 1.00 bits per heavy atom. The van der Waals surface area contributed by atoms with E-state index in [9.17, 15) is 14.7 Å². The number of carbonyl (C=O) groups excluding carboxylic acids is 2. The molecule has 0 bridgehead atoms. The van der Waals surface area contributed by atoms with Crippen molar-refractivity contribution in [2.75, 3.05) is 25.1 Å². The van der Waals surface area contributed by atoms with Crippen molar-refractivity contribution in [1.29, 1.82) is 0 Å². The molecule has 5 heteroatoms. The fourth-order valence-corrected chi connectivity index (χ4v) is 3.00. The Kier molecular flexibility index (Phi) is 4.67. The number of nitrogens with zero attached hydrogens (tertiary/aromatic N) is 2. The van der Waals surface area contributed by atoms with Gasteiger partial charge < -0.3 is 10.0 Å². The summed E-state index contributed by atoms with van der Waals surface area (Å²) in [6.07, 6.45) is 0. The van der Waals surface area contributed by atoms with Crippen LogP contribution < -0.4 is 4.90 Å². The summed E-state index contributed by atoms with van der Waals surface area (Å²) in [5, 5.41) is 9.25. The van der Waals surface area contributed by atoms with Gasteiger partial charge in [0.2, 0.25) is 0 Å². The summed E-state index contributed by atoms with van der Waals surface area (Å²) in [5.74, 6) is -0.716. The average Bonchev–Trinajstić information content (AvgIpc) is 2.86. The van der Waals surface area contributed by atoms with Crippen LogP contribution in [0.5, 0.6) is 0 Å². The summed E-state index contributed by atoms with van der Waals surface area (Å²) >= 11 is 0. The zero-order valence-electron chi connectivity index (χ0n) is 14.3. The lowest BCUT2D eigenvalue weighted by atomic mass is 10.0. The first-order chi connectivity index (χ1) is 12.0. The van der Waals surface area contributed by atoms with Crippen LogP contribution in [0.2, 0.25) is 0 Å². The Balaban J connectivity index is 2.13. The number of hydrogen-bond donors (Lipinski definition) is 1. The van der Waals surface area contributed by atoms with Gasteiger partial charge in [-0.1, -0.05) is 42.5 Å². The van der Waals surface area contributed by atoms with E-state index in [2.05, 4.69) is 0 Å². The first-order valence-electron chi connectivity index (χ1n) is 8.11. The molecule has 0 aromatic heterocycles. The predicted molar refractivity (Wildman–Crippen MR) is 96.7 cm³/mol. The molecule has 0 saturated heterocycles. The van der Waals surface area contributed by atoms with Crippen molar-refractivity contribution >= 4 is 23.1 Å². The quantitative estimate of drug-likeness (QED) is 0.851. The third-order valence-electron chi connectivity index (χ3n) is 4.20. The molecule has 1 aliphatic rings. The normalized spacial score (nSPS) is 14.4. The number of anilines is 1. The molecule has 1 aliphatic heterocycles. The Hall–Kier alpha value is -2.92. The van der Waals surface area contributed by atoms with Gasteiger partial charge in [-0.15, -0.1) is 0 Å². The van der Waals surface area contributed by atoms with Gasteiger partial charge in [0.15, 0.2) is 0 Å². The molecule has 0 atom stereocenters. The van der Waals surface area contributed by atoms with Crippen LogP contribution in [0.15, 0.2) is 60.3 Å². The Morgan fingerprint density at radius 2 is 1.72 bits per heavy atom. The van der Waals surface area contributed by atoms with Crippen LogP contribution in [0.3, 0.4) is 0 Å². The molecule has 0 fully saturated rings. The number of aliphatic hydroxyl groups is 1.